The fourth-order valence-corrected chi connectivity index (χ4v) is 5.24. The zero-order valence-corrected chi connectivity index (χ0v) is 18.3. The predicted molar refractivity (Wildman–Crippen MR) is 118 cm³/mol. The van der Waals surface area contributed by atoms with Crippen molar-refractivity contribution < 1.29 is 13.2 Å². The van der Waals surface area contributed by atoms with Gasteiger partial charge in [-0.3, -0.25) is 13.9 Å². The average Bonchev–Trinajstić information content (AvgIpc) is 2.94. The largest absolute Gasteiger partial charge is 0.324 e. The van der Waals surface area contributed by atoms with Gasteiger partial charge >= 0.3 is 4.87 Å². The molecule has 9 heteroatoms. The molecular weight excluding hydrogens is 410 g/mol. The van der Waals surface area contributed by atoms with E-state index in [4.69, 9.17) is 0 Å². The summed E-state index contributed by atoms with van der Waals surface area (Å²) in [5.41, 5.74) is 2.80. The van der Waals surface area contributed by atoms with Gasteiger partial charge in [-0.2, -0.15) is 0 Å². The van der Waals surface area contributed by atoms with Crippen molar-refractivity contribution in [1.82, 2.24) is 4.57 Å². The Balaban J connectivity index is 1.88. The van der Waals surface area contributed by atoms with E-state index in [2.05, 4.69) is 5.32 Å². The van der Waals surface area contributed by atoms with Crippen LogP contribution in [0.25, 0.3) is 10.2 Å². The molecule has 154 valence electrons. The van der Waals surface area contributed by atoms with E-state index in [0.717, 1.165) is 44.1 Å². The van der Waals surface area contributed by atoms with Crippen LogP contribution in [-0.4, -0.2) is 31.2 Å². The van der Waals surface area contributed by atoms with Crippen molar-refractivity contribution in [3.05, 3.63) is 57.7 Å². The molecular formula is C20H23N3O4S2. The van der Waals surface area contributed by atoms with Crippen LogP contribution in [0, 0.1) is 0 Å². The third-order valence-corrected chi connectivity index (χ3v) is 6.98. The molecule has 0 aliphatic rings. The lowest BCUT2D eigenvalue weighted by molar-refractivity contribution is -0.116. The van der Waals surface area contributed by atoms with Crippen LogP contribution < -0.4 is 14.5 Å². The maximum Gasteiger partial charge on any atom is 0.307 e. The van der Waals surface area contributed by atoms with Crippen LogP contribution in [0.15, 0.2) is 47.3 Å². The van der Waals surface area contributed by atoms with E-state index in [1.807, 2.05) is 19.1 Å². The Labute approximate surface area is 173 Å². The molecule has 0 saturated heterocycles. The van der Waals surface area contributed by atoms with E-state index >= 15 is 0 Å². The molecule has 0 bridgehead atoms. The fraction of sp³-hybridized carbons (Fsp3) is 0.300. The van der Waals surface area contributed by atoms with Crippen LogP contribution in [0.1, 0.15) is 19.4 Å². The van der Waals surface area contributed by atoms with Crippen molar-refractivity contribution in [3.8, 4) is 0 Å². The predicted octanol–water partition coefficient (Wildman–Crippen LogP) is 2.96. The number of carbonyl (C=O) groups excluding carboxylic acids is 1. The van der Waals surface area contributed by atoms with Crippen molar-refractivity contribution in [1.29, 1.82) is 0 Å². The van der Waals surface area contributed by atoms with Gasteiger partial charge in [0.1, 0.15) is 6.04 Å². The van der Waals surface area contributed by atoms with Crippen LogP contribution in [-0.2, 0) is 28.3 Å². The zero-order chi connectivity index (χ0) is 21.3. The Kier molecular flexibility index (Phi) is 5.81. The Morgan fingerprint density at radius 3 is 2.45 bits per heavy atom. The summed E-state index contributed by atoms with van der Waals surface area (Å²) in [6, 6.07) is 11.3. The highest BCUT2D eigenvalue weighted by Crippen LogP contribution is 2.24. The average molecular weight is 434 g/mol. The number of aryl methyl sites for hydroxylation is 2. The first-order chi connectivity index (χ1) is 13.6. The van der Waals surface area contributed by atoms with Gasteiger partial charge in [-0.25, -0.2) is 8.42 Å². The zero-order valence-electron chi connectivity index (χ0n) is 16.7. The highest BCUT2D eigenvalue weighted by molar-refractivity contribution is 7.92. The quantitative estimate of drug-likeness (QED) is 0.647. The van der Waals surface area contributed by atoms with E-state index in [-0.39, 0.29) is 4.87 Å². The number of amides is 1. The third-order valence-electron chi connectivity index (χ3n) is 4.75. The molecule has 0 saturated carbocycles. The summed E-state index contributed by atoms with van der Waals surface area (Å²) < 4.78 is 28.2. The first kappa shape index (κ1) is 21.1. The van der Waals surface area contributed by atoms with Crippen LogP contribution in [0.4, 0.5) is 11.4 Å². The SMILES string of the molecule is CCc1ccc(N([C@@H](C)C(=O)Nc2ccc3c(c2)sc(=O)n3C)S(C)(=O)=O)cc1. The molecule has 0 fully saturated rings. The van der Waals surface area contributed by atoms with Gasteiger partial charge in [-0.1, -0.05) is 30.4 Å². The van der Waals surface area contributed by atoms with E-state index in [1.165, 1.54) is 0 Å². The van der Waals surface area contributed by atoms with Crippen molar-refractivity contribution in [3.63, 3.8) is 0 Å². The topological polar surface area (TPSA) is 88.5 Å². The molecule has 0 aliphatic heterocycles. The Hall–Kier alpha value is -2.65. The number of hydrogen-bond donors (Lipinski definition) is 1. The molecule has 0 unspecified atom stereocenters. The molecule has 1 N–H and O–H groups in total. The number of anilines is 2. The number of carbonyl (C=O) groups is 1. The summed E-state index contributed by atoms with van der Waals surface area (Å²) in [4.78, 5) is 24.5. The fourth-order valence-electron chi connectivity index (χ4n) is 3.15. The molecule has 3 aromatic rings. The van der Waals surface area contributed by atoms with Crippen LogP contribution in [0.5, 0.6) is 0 Å². The first-order valence-electron chi connectivity index (χ1n) is 9.10. The monoisotopic (exact) mass is 433 g/mol. The number of fused-ring (bicyclic) bond motifs is 1. The first-order valence-corrected chi connectivity index (χ1v) is 11.8. The molecule has 0 aliphatic carbocycles. The summed E-state index contributed by atoms with van der Waals surface area (Å²) in [6.07, 6.45) is 1.92. The molecule has 7 nitrogen and oxygen atoms in total. The molecule has 2 aromatic carbocycles. The van der Waals surface area contributed by atoms with Gasteiger partial charge in [-0.05, 0) is 49.2 Å². The van der Waals surface area contributed by atoms with Gasteiger partial charge in [0, 0.05) is 12.7 Å². The molecule has 29 heavy (non-hydrogen) atoms. The number of benzene rings is 2. The molecule has 1 heterocycles. The number of thiazole rings is 1. The number of hydrogen-bond acceptors (Lipinski definition) is 5. The van der Waals surface area contributed by atoms with Gasteiger partial charge in [0.15, 0.2) is 0 Å². The lowest BCUT2D eigenvalue weighted by Crippen LogP contribution is -2.45. The second-order valence-electron chi connectivity index (χ2n) is 6.85. The maximum absolute atomic E-state index is 12.8. The van der Waals surface area contributed by atoms with E-state index in [9.17, 15) is 18.0 Å². The van der Waals surface area contributed by atoms with Crippen molar-refractivity contribution in [2.45, 2.75) is 26.3 Å². The highest BCUT2D eigenvalue weighted by Gasteiger charge is 2.29. The van der Waals surface area contributed by atoms with E-state index < -0.39 is 22.0 Å². The van der Waals surface area contributed by atoms with E-state index in [0.29, 0.717) is 11.4 Å². The lowest BCUT2D eigenvalue weighted by Gasteiger charge is -2.28. The van der Waals surface area contributed by atoms with Crippen LogP contribution in [0.2, 0.25) is 0 Å². The minimum Gasteiger partial charge on any atom is -0.324 e. The Morgan fingerprint density at radius 1 is 1.21 bits per heavy atom. The summed E-state index contributed by atoms with van der Waals surface area (Å²) in [7, 11) is -1.99. The van der Waals surface area contributed by atoms with Gasteiger partial charge in [0.2, 0.25) is 15.9 Å². The Morgan fingerprint density at radius 2 is 1.86 bits per heavy atom. The summed E-state index contributed by atoms with van der Waals surface area (Å²) >= 11 is 1.09. The van der Waals surface area contributed by atoms with Crippen molar-refractivity contribution in [2.75, 3.05) is 15.9 Å². The second kappa shape index (κ2) is 8.00. The van der Waals surface area contributed by atoms with Gasteiger partial charge in [-0.15, -0.1) is 0 Å². The molecule has 1 aromatic heterocycles. The third kappa shape index (κ3) is 4.35. The van der Waals surface area contributed by atoms with Crippen molar-refractivity contribution >= 4 is 48.9 Å². The lowest BCUT2D eigenvalue weighted by atomic mass is 10.1. The minimum absolute atomic E-state index is 0.0874. The summed E-state index contributed by atoms with van der Waals surface area (Å²) in [5.74, 6) is -0.461. The Bertz CT molecular complexity index is 1210. The summed E-state index contributed by atoms with van der Waals surface area (Å²) in [6.45, 7) is 3.56. The molecule has 1 atom stereocenters. The van der Waals surface area contributed by atoms with Gasteiger partial charge < -0.3 is 9.88 Å². The number of aromatic nitrogens is 1. The smallest absolute Gasteiger partial charge is 0.307 e. The normalized spacial score (nSPS) is 12.7. The standard InChI is InChI=1S/C20H23N3O4S2/c1-5-14-6-9-16(10-7-14)23(29(4,26)27)13(2)19(24)21-15-8-11-17-18(12-15)28-20(25)22(17)3/h6-13H,5H2,1-4H3,(H,21,24)/t13-/m0/s1. The van der Waals surface area contributed by atoms with Gasteiger partial charge in [0.25, 0.3) is 0 Å². The molecule has 1 amide bonds. The number of sulfonamides is 1. The molecule has 0 radical (unpaired) electrons. The maximum atomic E-state index is 12.8. The van der Waals surface area contributed by atoms with Crippen LogP contribution >= 0.6 is 11.3 Å². The van der Waals surface area contributed by atoms with Crippen LogP contribution in [0.3, 0.4) is 0 Å². The summed E-state index contributed by atoms with van der Waals surface area (Å²) in [5, 5.41) is 2.76. The highest BCUT2D eigenvalue weighted by atomic mass is 32.2. The molecule has 0 spiro atoms. The second-order valence-corrected chi connectivity index (χ2v) is 9.71. The molecule has 3 rings (SSSR count). The number of nitrogens with zero attached hydrogens (tertiary/aromatic N) is 2. The van der Waals surface area contributed by atoms with Crippen molar-refractivity contribution in [2.24, 2.45) is 7.05 Å². The minimum atomic E-state index is -3.68. The van der Waals surface area contributed by atoms with E-state index in [1.54, 1.807) is 48.9 Å². The number of nitrogens with one attached hydrogen (secondary N) is 1. The number of rotatable bonds is 6. The van der Waals surface area contributed by atoms with Gasteiger partial charge in [0.05, 0.1) is 22.2 Å².